The largest absolute Gasteiger partial charge is 0.494 e. The first kappa shape index (κ1) is 37.1. The van der Waals surface area contributed by atoms with Crippen molar-refractivity contribution in [3.63, 3.8) is 0 Å². The number of amides is 4. The minimum atomic E-state index is -1.09. The van der Waals surface area contributed by atoms with E-state index in [2.05, 4.69) is 20.1 Å². The summed E-state index contributed by atoms with van der Waals surface area (Å²) < 4.78 is 21.4. The normalized spacial score (nSPS) is 20.0. The molecule has 13 nitrogen and oxygen atoms in total. The Balaban J connectivity index is 0.812. The number of hydrogen-bond donors (Lipinski definition) is 2. The number of anilines is 1. The number of benzene rings is 2. The average molecular weight is 741 g/mol. The third kappa shape index (κ3) is 7.85. The zero-order valence-corrected chi connectivity index (χ0v) is 30.4. The molecule has 3 saturated heterocycles. The van der Waals surface area contributed by atoms with Gasteiger partial charge in [-0.25, -0.2) is 14.2 Å². The zero-order chi connectivity index (χ0) is 37.9. The van der Waals surface area contributed by atoms with Crippen molar-refractivity contribution in [3.8, 4) is 16.9 Å². The van der Waals surface area contributed by atoms with Crippen LogP contribution in [-0.2, 0) is 9.59 Å². The number of likely N-dealkylation sites (tertiary alicyclic amines) is 1. The third-order valence-corrected chi connectivity index (χ3v) is 11.2. The molecule has 284 valence electrons. The van der Waals surface area contributed by atoms with Crippen molar-refractivity contribution >= 4 is 35.3 Å². The molecule has 5 heterocycles. The van der Waals surface area contributed by atoms with Crippen LogP contribution in [0.1, 0.15) is 75.3 Å². The van der Waals surface area contributed by atoms with E-state index in [-0.39, 0.29) is 35.3 Å². The number of fused-ring (bicyclic) bond motifs is 1. The smallest absolute Gasteiger partial charge is 0.355 e. The number of rotatable bonds is 12. The number of carbonyl (C=O) groups excluding carboxylic acids is 4. The number of aromatic carboxylic acids is 1. The average Bonchev–Trinajstić information content (AvgIpc) is 3.40. The fourth-order valence-corrected chi connectivity index (χ4v) is 8.10. The van der Waals surface area contributed by atoms with E-state index in [1.165, 1.54) is 12.3 Å². The standard InChI is InChI=1S/C40H45FN6O7/c1-25-22-27(6-7-28(25)29-5-2-12-42-36(29)40(52)53)54-21-3-4-26-10-13-44(14-11-26)15-16-45-17-19-46(20-18-45)34-24-31-30(23-32(34)41)38(50)47(39(31)51)33-8-9-35(48)43-37(33)49/h2,5-7,12,22-24,26,33H,3-4,8-11,13-21H2,1H3,(H,52,53)(H,43,48,49). The molecule has 1 atom stereocenters. The van der Waals surface area contributed by atoms with Gasteiger partial charge in [0.05, 0.1) is 23.4 Å². The van der Waals surface area contributed by atoms with Gasteiger partial charge in [0.2, 0.25) is 11.8 Å². The summed E-state index contributed by atoms with van der Waals surface area (Å²) >= 11 is 0. The molecule has 14 heteroatoms. The molecule has 0 saturated carbocycles. The van der Waals surface area contributed by atoms with Crippen LogP contribution in [0.5, 0.6) is 5.75 Å². The second-order valence-electron chi connectivity index (χ2n) is 14.6. The van der Waals surface area contributed by atoms with Gasteiger partial charge in [-0.3, -0.25) is 34.3 Å². The number of imide groups is 2. The molecule has 4 aliphatic heterocycles. The number of halogens is 1. The number of piperazine rings is 1. The fourth-order valence-electron chi connectivity index (χ4n) is 8.10. The Labute approximate surface area is 313 Å². The molecule has 4 aliphatic rings. The second-order valence-corrected chi connectivity index (χ2v) is 14.6. The molecule has 0 bridgehead atoms. The maximum atomic E-state index is 15.3. The Bertz CT molecular complexity index is 1960. The van der Waals surface area contributed by atoms with Crippen molar-refractivity contribution in [1.82, 2.24) is 25.0 Å². The predicted molar refractivity (Wildman–Crippen MR) is 197 cm³/mol. The molecule has 0 spiro atoms. The Kier molecular flexibility index (Phi) is 11.0. The summed E-state index contributed by atoms with van der Waals surface area (Å²) in [7, 11) is 0. The fraction of sp³-hybridized carbons (Fsp3) is 0.450. The van der Waals surface area contributed by atoms with Crippen molar-refractivity contribution in [2.45, 2.75) is 51.5 Å². The zero-order valence-electron chi connectivity index (χ0n) is 30.4. The van der Waals surface area contributed by atoms with Crippen LogP contribution in [0.25, 0.3) is 11.1 Å². The summed E-state index contributed by atoms with van der Waals surface area (Å²) in [4.78, 5) is 73.6. The molecule has 3 aromatic rings. The minimum absolute atomic E-state index is 0.0240. The van der Waals surface area contributed by atoms with Gasteiger partial charge in [0.25, 0.3) is 11.8 Å². The van der Waals surface area contributed by atoms with Crippen molar-refractivity contribution in [1.29, 1.82) is 0 Å². The van der Waals surface area contributed by atoms with E-state index in [0.29, 0.717) is 31.2 Å². The lowest BCUT2D eigenvalue weighted by Gasteiger charge is -2.38. The van der Waals surface area contributed by atoms with Crippen LogP contribution in [0.15, 0.2) is 48.7 Å². The van der Waals surface area contributed by atoms with Crippen LogP contribution < -0.4 is 15.0 Å². The maximum Gasteiger partial charge on any atom is 0.355 e. The lowest BCUT2D eigenvalue weighted by molar-refractivity contribution is -0.136. The van der Waals surface area contributed by atoms with Crippen LogP contribution in [0.3, 0.4) is 0 Å². The van der Waals surface area contributed by atoms with E-state index in [4.69, 9.17) is 4.74 Å². The summed E-state index contributed by atoms with van der Waals surface area (Å²) in [5.41, 5.74) is 2.69. The highest BCUT2D eigenvalue weighted by Gasteiger charge is 2.45. The first-order chi connectivity index (χ1) is 26.1. The number of carbonyl (C=O) groups is 5. The minimum Gasteiger partial charge on any atom is -0.494 e. The molecule has 2 aromatic carbocycles. The van der Waals surface area contributed by atoms with E-state index in [1.807, 2.05) is 30.0 Å². The van der Waals surface area contributed by atoms with Crippen LogP contribution in [0.2, 0.25) is 0 Å². The summed E-state index contributed by atoms with van der Waals surface area (Å²) in [6, 6.07) is 10.7. The van der Waals surface area contributed by atoms with Gasteiger partial charge in [-0.1, -0.05) is 12.1 Å². The van der Waals surface area contributed by atoms with Crippen LogP contribution in [0.4, 0.5) is 10.1 Å². The van der Waals surface area contributed by atoms with Crippen molar-refractivity contribution < 1.29 is 38.2 Å². The number of aryl methyl sites for hydroxylation is 1. The number of nitrogens with one attached hydrogen (secondary N) is 1. The quantitative estimate of drug-likeness (QED) is 0.205. The van der Waals surface area contributed by atoms with Crippen molar-refractivity contribution in [2.75, 3.05) is 63.9 Å². The summed E-state index contributed by atoms with van der Waals surface area (Å²) in [5.74, 6) is -2.68. The van der Waals surface area contributed by atoms with Gasteiger partial charge in [0.15, 0.2) is 5.69 Å². The predicted octanol–water partition coefficient (Wildman–Crippen LogP) is 3.99. The Morgan fingerprint density at radius 2 is 1.59 bits per heavy atom. The van der Waals surface area contributed by atoms with E-state index < -0.39 is 41.5 Å². The highest BCUT2D eigenvalue weighted by Crippen LogP contribution is 2.34. The molecule has 54 heavy (non-hydrogen) atoms. The number of piperidine rings is 2. The van der Waals surface area contributed by atoms with Gasteiger partial charge in [-0.15, -0.1) is 0 Å². The molecule has 7 rings (SSSR count). The lowest BCUT2D eigenvalue weighted by Crippen LogP contribution is -2.54. The number of ether oxygens (including phenoxy) is 1. The van der Waals surface area contributed by atoms with Crippen LogP contribution in [-0.4, -0.2) is 119 Å². The second kappa shape index (κ2) is 16.0. The summed E-state index contributed by atoms with van der Waals surface area (Å²) in [6.45, 7) is 9.24. The highest BCUT2D eigenvalue weighted by molar-refractivity contribution is 6.23. The molecule has 3 fully saturated rings. The van der Waals surface area contributed by atoms with Gasteiger partial charge >= 0.3 is 5.97 Å². The summed E-state index contributed by atoms with van der Waals surface area (Å²) in [5, 5.41) is 11.7. The maximum absolute atomic E-state index is 15.3. The Morgan fingerprint density at radius 3 is 2.28 bits per heavy atom. The summed E-state index contributed by atoms with van der Waals surface area (Å²) in [6.07, 6.45) is 5.94. The molecule has 2 N–H and O–H groups in total. The van der Waals surface area contributed by atoms with E-state index in [0.717, 1.165) is 92.8 Å². The number of carboxylic acids is 1. The van der Waals surface area contributed by atoms with Gasteiger partial charge in [-0.05, 0) is 99.5 Å². The molecule has 1 unspecified atom stereocenters. The van der Waals surface area contributed by atoms with Gasteiger partial charge < -0.3 is 19.6 Å². The lowest BCUT2D eigenvalue weighted by atomic mass is 9.92. The Morgan fingerprint density at radius 1 is 0.889 bits per heavy atom. The number of carboxylic acid groups (broad SMARTS) is 1. The first-order valence-corrected chi connectivity index (χ1v) is 18.7. The van der Waals surface area contributed by atoms with Crippen LogP contribution >= 0.6 is 0 Å². The topological polar surface area (TPSA) is 153 Å². The Hall–Kier alpha value is -5.21. The number of pyridine rings is 1. The van der Waals surface area contributed by atoms with Crippen molar-refractivity contribution in [3.05, 3.63) is 76.9 Å². The molecule has 1 aromatic heterocycles. The number of nitrogens with zero attached hydrogens (tertiary/aromatic N) is 5. The van der Waals surface area contributed by atoms with E-state index >= 15 is 4.39 Å². The first-order valence-electron chi connectivity index (χ1n) is 18.7. The van der Waals surface area contributed by atoms with E-state index in [9.17, 15) is 29.1 Å². The van der Waals surface area contributed by atoms with Gasteiger partial charge in [-0.2, -0.15) is 0 Å². The van der Waals surface area contributed by atoms with E-state index in [1.54, 1.807) is 12.1 Å². The number of hydrogen-bond acceptors (Lipinski definition) is 10. The molecular formula is C40H45FN6O7. The molecule has 4 amide bonds. The molecular weight excluding hydrogens is 695 g/mol. The number of aromatic nitrogens is 1. The SMILES string of the molecule is Cc1cc(OCCCC2CCN(CCN3CCN(c4cc5c(cc4F)C(=O)N(C4CCC(=O)NC4=O)C5=O)CC3)CC2)ccc1-c1cccnc1C(=O)O. The highest BCUT2D eigenvalue weighted by atomic mass is 19.1. The molecule has 0 aliphatic carbocycles. The van der Waals surface area contributed by atoms with Gasteiger partial charge in [0, 0.05) is 57.4 Å². The van der Waals surface area contributed by atoms with Gasteiger partial charge in [0.1, 0.15) is 17.6 Å². The third-order valence-electron chi connectivity index (χ3n) is 11.2. The monoisotopic (exact) mass is 740 g/mol. The molecule has 0 radical (unpaired) electrons. The van der Waals surface area contributed by atoms with Crippen molar-refractivity contribution in [2.24, 2.45) is 5.92 Å². The van der Waals surface area contributed by atoms with Crippen LogP contribution in [0, 0.1) is 18.7 Å².